The van der Waals surface area contributed by atoms with Crippen molar-refractivity contribution in [2.24, 2.45) is 0 Å². The van der Waals surface area contributed by atoms with Gasteiger partial charge in [0.1, 0.15) is 4.60 Å². The number of hydrogen-bond acceptors (Lipinski definition) is 3. The molecule has 1 aromatic rings. The smallest absolute Gasteiger partial charge is 0.214 e. The van der Waals surface area contributed by atoms with Crippen LogP contribution in [0.3, 0.4) is 0 Å². The van der Waals surface area contributed by atoms with E-state index >= 15 is 0 Å². The minimum absolute atomic E-state index is 0.359. The highest BCUT2D eigenvalue weighted by Crippen LogP contribution is 2.18. The third kappa shape index (κ3) is 1.95. The third-order valence-electron chi connectivity index (χ3n) is 1.38. The number of hydrogen-bond donors (Lipinski definition) is 0. The van der Waals surface area contributed by atoms with E-state index in [9.17, 15) is 0 Å². The first-order chi connectivity index (χ1) is 5.77. The van der Waals surface area contributed by atoms with Crippen molar-refractivity contribution < 1.29 is 4.74 Å². The van der Waals surface area contributed by atoms with E-state index in [1.165, 1.54) is 0 Å². The average molecular weight is 227 g/mol. The molecule has 4 heteroatoms. The van der Waals surface area contributed by atoms with Crippen molar-refractivity contribution in [3.05, 3.63) is 22.3 Å². The van der Waals surface area contributed by atoms with E-state index in [0.717, 1.165) is 5.56 Å². The number of rotatable bonds is 2. The Bertz CT molecular complexity index is 319. The predicted molar refractivity (Wildman–Crippen MR) is 47.8 cm³/mol. The maximum atomic E-state index is 8.44. The van der Waals surface area contributed by atoms with Crippen LogP contribution in [0.25, 0.3) is 0 Å². The molecule has 62 valence electrons. The molecule has 0 aliphatic carbocycles. The fourth-order valence-electron chi connectivity index (χ4n) is 0.777. The van der Waals surface area contributed by atoms with Gasteiger partial charge in [-0.25, -0.2) is 4.98 Å². The predicted octanol–water partition coefficient (Wildman–Crippen LogP) is 1.92. The van der Waals surface area contributed by atoms with Crippen molar-refractivity contribution in [3.63, 3.8) is 0 Å². The summed E-state index contributed by atoms with van der Waals surface area (Å²) in [5, 5.41) is 8.44. The average Bonchev–Trinajstić information content (AvgIpc) is 2.09. The normalized spacial score (nSPS) is 9.08. The van der Waals surface area contributed by atoms with Crippen LogP contribution in [0.5, 0.6) is 5.88 Å². The van der Waals surface area contributed by atoms with E-state index in [1.807, 2.05) is 6.07 Å². The second-order valence-electron chi connectivity index (χ2n) is 2.14. The minimum Gasteiger partial charge on any atom is -0.481 e. The van der Waals surface area contributed by atoms with E-state index in [0.29, 0.717) is 16.9 Å². The molecule has 1 rings (SSSR count). The van der Waals surface area contributed by atoms with Crippen LogP contribution in [-0.4, -0.2) is 12.1 Å². The van der Waals surface area contributed by atoms with Gasteiger partial charge in [0.15, 0.2) is 0 Å². The number of pyridine rings is 1. The van der Waals surface area contributed by atoms with Gasteiger partial charge in [0.2, 0.25) is 5.88 Å². The molecule has 0 bridgehead atoms. The van der Waals surface area contributed by atoms with Gasteiger partial charge in [-0.15, -0.1) is 0 Å². The number of aromatic nitrogens is 1. The Balaban J connectivity index is 2.97. The first kappa shape index (κ1) is 9.01. The van der Waals surface area contributed by atoms with Crippen LogP contribution in [0, 0.1) is 11.3 Å². The van der Waals surface area contributed by atoms with Crippen LogP contribution in [-0.2, 0) is 6.42 Å². The van der Waals surface area contributed by atoms with Crippen molar-refractivity contribution >= 4 is 15.9 Å². The summed E-state index contributed by atoms with van der Waals surface area (Å²) >= 11 is 3.25. The zero-order valence-corrected chi connectivity index (χ0v) is 8.13. The molecule has 3 nitrogen and oxygen atoms in total. The zero-order valence-electron chi connectivity index (χ0n) is 6.54. The monoisotopic (exact) mass is 226 g/mol. The number of nitrogens with zero attached hydrogens (tertiary/aromatic N) is 2. The summed E-state index contributed by atoms with van der Waals surface area (Å²) in [5.74, 6) is 0.545. The molecule has 0 aromatic carbocycles. The fourth-order valence-corrected chi connectivity index (χ4v) is 1.22. The molecule has 0 amide bonds. The summed E-state index contributed by atoms with van der Waals surface area (Å²) in [6.45, 7) is 0. The van der Waals surface area contributed by atoms with E-state index in [2.05, 4.69) is 27.0 Å². The summed E-state index contributed by atoms with van der Waals surface area (Å²) < 4.78 is 5.57. The summed E-state index contributed by atoms with van der Waals surface area (Å²) in [5.41, 5.74) is 0.873. The molecule has 0 fully saturated rings. The zero-order chi connectivity index (χ0) is 8.97. The molecule has 12 heavy (non-hydrogen) atoms. The van der Waals surface area contributed by atoms with E-state index < -0.39 is 0 Å². The van der Waals surface area contributed by atoms with Gasteiger partial charge in [-0.05, 0) is 27.6 Å². The first-order valence-electron chi connectivity index (χ1n) is 3.34. The Kier molecular flexibility index (Phi) is 3.06. The maximum absolute atomic E-state index is 8.44. The Morgan fingerprint density at radius 3 is 2.92 bits per heavy atom. The highest BCUT2D eigenvalue weighted by atomic mass is 79.9. The van der Waals surface area contributed by atoms with Gasteiger partial charge < -0.3 is 4.74 Å². The molecule has 0 N–H and O–H groups in total. The number of halogens is 1. The molecule has 0 radical (unpaired) electrons. The van der Waals surface area contributed by atoms with Crippen molar-refractivity contribution in [1.29, 1.82) is 5.26 Å². The molecule has 0 saturated heterocycles. The standard InChI is InChI=1S/C8H7BrN2O/c1-12-7-3-2-6(4-5-10)8(9)11-7/h2-3H,4H2,1H3. The molecule has 1 aromatic heterocycles. The van der Waals surface area contributed by atoms with Crippen LogP contribution >= 0.6 is 15.9 Å². The van der Waals surface area contributed by atoms with Gasteiger partial charge >= 0.3 is 0 Å². The third-order valence-corrected chi connectivity index (χ3v) is 2.07. The summed E-state index contributed by atoms with van der Waals surface area (Å²) in [6.07, 6.45) is 0.359. The van der Waals surface area contributed by atoms with Crippen LogP contribution in [0.15, 0.2) is 16.7 Å². The molecular formula is C8H7BrN2O. The Morgan fingerprint density at radius 2 is 2.42 bits per heavy atom. The second kappa shape index (κ2) is 4.07. The van der Waals surface area contributed by atoms with E-state index in [1.54, 1.807) is 13.2 Å². The van der Waals surface area contributed by atoms with Crippen molar-refractivity contribution in [2.75, 3.05) is 7.11 Å². The minimum atomic E-state index is 0.359. The lowest BCUT2D eigenvalue weighted by Crippen LogP contribution is -1.91. The topological polar surface area (TPSA) is 45.9 Å². The van der Waals surface area contributed by atoms with Crippen LogP contribution < -0.4 is 4.74 Å². The van der Waals surface area contributed by atoms with Gasteiger partial charge in [-0.3, -0.25) is 0 Å². The molecule has 0 spiro atoms. The highest BCUT2D eigenvalue weighted by molar-refractivity contribution is 9.10. The van der Waals surface area contributed by atoms with Crippen molar-refractivity contribution in [1.82, 2.24) is 4.98 Å². The van der Waals surface area contributed by atoms with Crippen molar-refractivity contribution in [3.8, 4) is 11.9 Å². The molecule has 0 aliphatic rings. The van der Waals surface area contributed by atoms with E-state index in [-0.39, 0.29) is 0 Å². The molecular weight excluding hydrogens is 220 g/mol. The quantitative estimate of drug-likeness (QED) is 0.725. The van der Waals surface area contributed by atoms with Crippen molar-refractivity contribution in [2.45, 2.75) is 6.42 Å². The highest BCUT2D eigenvalue weighted by Gasteiger charge is 2.01. The second-order valence-corrected chi connectivity index (χ2v) is 2.89. The number of ether oxygens (including phenoxy) is 1. The number of nitriles is 1. The van der Waals surface area contributed by atoms with Crippen LogP contribution in [0.1, 0.15) is 5.56 Å². The molecule has 0 aliphatic heterocycles. The SMILES string of the molecule is COc1ccc(CC#N)c(Br)n1. The Labute approximate surface area is 79.1 Å². The molecule has 1 heterocycles. The maximum Gasteiger partial charge on any atom is 0.214 e. The van der Waals surface area contributed by atoms with Gasteiger partial charge in [0.05, 0.1) is 19.6 Å². The Hall–Kier alpha value is -1.08. The fraction of sp³-hybridized carbons (Fsp3) is 0.250. The van der Waals surface area contributed by atoms with Gasteiger partial charge in [0.25, 0.3) is 0 Å². The lowest BCUT2D eigenvalue weighted by Gasteiger charge is -2.01. The largest absolute Gasteiger partial charge is 0.481 e. The van der Waals surface area contributed by atoms with Gasteiger partial charge in [0, 0.05) is 6.07 Å². The molecule has 0 atom stereocenters. The summed E-state index contributed by atoms with van der Waals surface area (Å²) in [6, 6.07) is 5.60. The van der Waals surface area contributed by atoms with E-state index in [4.69, 9.17) is 10.00 Å². The first-order valence-corrected chi connectivity index (χ1v) is 4.13. The van der Waals surface area contributed by atoms with Gasteiger partial charge in [-0.1, -0.05) is 0 Å². The molecule has 0 saturated carbocycles. The van der Waals surface area contributed by atoms with Crippen LogP contribution in [0.4, 0.5) is 0 Å². The Morgan fingerprint density at radius 1 is 1.67 bits per heavy atom. The lowest BCUT2D eigenvalue weighted by atomic mass is 10.2. The van der Waals surface area contributed by atoms with Gasteiger partial charge in [-0.2, -0.15) is 5.26 Å². The summed E-state index contributed by atoms with van der Waals surface area (Å²) in [4.78, 5) is 4.05. The molecule has 0 unspecified atom stereocenters. The van der Waals surface area contributed by atoms with Crippen LogP contribution in [0.2, 0.25) is 0 Å². The lowest BCUT2D eigenvalue weighted by molar-refractivity contribution is 0.396. The summed E-state index contributed by atoms with van der Waals surface area (Å²) in [7, 11) is 1.55. The number of methoxy groups -OCH3 is 1.